The van der Waals surface area contributed by atoms with Gasteiger partial charge in [-0.05, 0) is 73.2 Å². The second-order valence-corrected chi connectivity index (χ2v) is 10.2. The number of aryl methyl sites for hydroxylation is 1. The highest BCUT2D eigenvalue weighted by atomic mass is 35.5. The molecule has 4 nitrogen and oxygen atoms in total. The zero-order valence-electron chi connectivity index (χ0n) is 18.1. The molecule has 2 amide bonds. The fraction of sp³-hybridized carbons (Fsp3) is 0.222. The SMILES string of the molecule is O=C(Nc1ccccc1)N1Cc2c(sc3c2CCCC3)-n2cccc2[C@H]1c1ccc(Cl)cc1. The van der Waals surface area contributed by atoms with E-state index in [1.807, 2.05) is 70.8 Å². The molecule has 4 aromatic rings. The Labute approximate surface area is 202 Å². The van der Waals surface area contributed by atoms with Crippen LogP contribution >= 0.6 is 22.9 Å². The van der Waals surface area contributed by atoms with Gasteiger partial charge in [0.2, 0.25) is 0 Å². The Hall–Kier alpha value is -3.02. The molecule has 33 heavy (non-hydrogen) atoms. The highest BCUT2D eigenvalue weighted by molar-refractivity contribution is 7.15. The molecule has 3 heterocycles. The molecule has 1 atom stereocenters. The number of hydrogen-bond donors (Lipinski definition) is 1. The number of fused-ring (bicyclic) bond motifs is 5. The van der Waals surface area contributed by atoms with E-state index >= 15 is 0 Å². The average Bonchev–Trinajstić information content (AvgIpc) is 3.42. The first-order valence-electron chi connectivity index (χ1n) is 11.4. The quantitative estimate of drug-likeness (QED) is 0.328. The van der Waals surface area contributed by atoms with Crippen LogP contribution in [0.25, 0.3) is 5.00 Å². The van der Waals surface area contributed by atoms with Crippen LogP contribution in [0.1, 0.15) is 46.1 Å². The van der Waals surface area contributed by atoms with Crippen LogP contribution in [0.15, 0.2) is 72.9 Å². The maximum Gasteiger partial charge on any atom is 0.322 e. The van der Waals surface area contributed by atoms with Gasteiger partial charge in [-0.25, -0.2) is 4.79 Å². The lowest BCUT2D eigenvalue weighted by Gasteiger charge is -2.31. The summed E-state index contributed by atoms with van der Waals surface area (Å²) in [6.07, 6.45) is 6.83. The third-order valence-corrected chi connectivity index (χ3v) is 8.24. The number of amides is 2. The van der Waals surface area contributed by atoms with E-state index in [1.54, 1.807) is 0 Å². The minimum absolute atomic E-state index is 0.0995. The predicted molar refractivity (Wildman–Crippen MR) is 135 cm³/mol. The topological polar surface area (TPSA) is 37.3 Å². The van der Waals surface area contributed by atoms with Crippen molar-refractivity contribution < 1.29 is 4.79 Å². The molecule has 1 N–H and O–H groups in total. The van der Waals surface area contributed by atoms with Crippen LogP contribution in [0.3, 0.4) is 0 Å². The minimum atomic E-state index is -0.222. The zero-order chi connectivity index (χ0) is 22.4. The number of carbonyl (C=O) groups is 1. The van der Waals surface area contributed by atoms with Gasteiger partial charge in [0.15, 0.2) is 0 Å². The third-order valence-electron chi connectivity index (χ3n) is 6.65. The number of aromatic nitrogens is 1. The van der Waals surface area contributed by atoms with Crippen molar-refractivity contribution >= 4 is 34.7 Å². The molecule has 6 rings (SSSR count). The highest BCUT2D eigenvalue weighted by Crippen LogP contribution is 2.44. The van der Waals surface area contributed by atoms with Gasteiger partial charge in [0.1, 0.15) is 5.00 Å². The number of nitrogens with zero attached hydrogens (tertiary/aromatic N) is 2. The van der Waals surface area contributed by atoms with Crippen LogP contribution in [0.5, 0.6) is 0 Å². The summed E-state index contributed by atoms with van der Waals surface area (Å²) in [6.45, 7) is 0.578. The zero-order valence-corrected chi connectivity index (χ0v) is 19.7. The van der Waals surface area contributed by atoms with Gasteiger partial charge in [-0.15, -0.1) is 11.3 Å². The molecular formula is C27H24ClN3OS. The molecule has 2 aliphatic rings. The van der Waals surface area contributed by atoms with Gasteiger partial charge in [0.05, 0.1) is 18.3 Å². The Bertz CT molecular complexity index is 1310. The van der Waals surface area contributed by atoms with Crippen molar-refractivity contribution in [1.82, 2.24) is 9.47 Å². The molecule has 0 saturated heterocycles. The fourth-order valence-electron chi connectivity index (χ4n) is 5.10. The fourth-order valence-corrected chi connectivity index (χ4v) is 6.63. The van der Waals surface area contributed by atoms with Gasteiger partial charge in [-0.3, -0.25) is 0 Å². The maximum atomic E-state index is 13.8. The van der Waals surface area contributed by atoms with Gasteiger partial charge in [0, 0.05) is 27.3 Å². The number of anilines is 1. The van der Waals surface area contributed by atoms with Crippen molar-refractivity contribution in [3.63, 3.8) is 0 Å². The molecule has 2 aromatic carbocycles. The lowest BCUT2D eigenvalue weighted by atomic mass is 9.95. The summed E-state index contributed by atoms with van der Waals surface area (Å²) in [6, 6.07) is 21.4. The molecule has 166 valence electrons. The van der Waals surface area contributed by atoms with E-state index in [0.717, 1.165) is 29.8 Å². The van der Waals surface area contributed by atoms with Crippen LogP contribution in [-0.2, 0) is 19.4 Å². The van der Waals surface area contributed by atoms with Crippen molar-refractivity contribution in [1.29, 1.82) is 0 Å². The van der Waals surface area contributed by atoms with E-state index in [9.17, 15) is 4.79 Å². The number of rotatable bonds is 2. The summed E-state index contributed by atoms with van der Waals surface area (Å²) in [5, 5.41) is 5.08. The second-order valence-electron chi connectivity index (χ2n) is 8.68. The van der Waals surface area contributed by atoms with Crippen LogP contribution in [-0.4, -0.2) is 15.5 Å². The van der Waals surface area contributed by atoms with Crippen molar-refractivity contribution in [3.8, 4) is 5.00 Å². The molecular weight excluding hydrogens is 450 g/mol. The Morgan fingerprint density at radius 1 is 0.939 bits per heavy atom. The van der Waals surface area contributed by atoms with Crippen molar-refractivity contribution in [2.75, 3.05) is 5.32 Å². The number of hydrogen-bond acceptors (Lipinski definition) is 2. The average molecular weight is 474 g/mol. The predicted octanol–water partition coefficient (Wildman–Crippen LogP) is 7.21. The van der Waals surface area contributed by atoms with Crippen molar-refractivity contribution in [2.45, 2.75) is 38.3 Å². The maximum absolute atomic E-state index is 13.8. The van der Waals surface area contributed by atoms with E-state index < -0.39 is 0 Å². The first kappa shape index (κ1) is 20.6. The molecule has 2 aromatic heterocycles. The van der Waals surface area contributed by atoms with Gasteiger partial charge in [-0.1, -0.05) is 41.9 Å². The van der Waals surface area contributed by atoms with E-state index in [-0.39, 0.29) is 12.1 Å². The lowest BCUT2D eigenvalue weighted by Crippen LogP contribution is -2.38. The Kier molecular flexibility index (Phi) is 5.24. The molecule has 1 aliphatic carbocycles. The van der Waals surface area contributed by atoms with E-state index in [1.165, 1.54) is 33.8 Å². The summed E-state index contributed by atoms with van der Waals surface area (Å²) in [4.78, 5) is 17.3. The first-order chi connectivity index (χ1) is 16.2. The Morgan fingerprint density at radius 3 is 2.55 bits per heavy atom. The second kappa shape index (κ2) is 8.40. The van der Waals surface area contributed by atoms with Crippen LogP contribution in [0.2, 0.25) is 5.02 Å². The summed E-state index contributed by atoms with van der Waals surface area (Å²) in [5.41, 5.74) is 5.69. The number of benzene rings is 2. The lowest BCUT2D eigenvalue weighted by molar-refractivity contribution is 0.194. The third kappa shape index (κ3) is 3.65. The van der Waals surface area contributed by atoms with Gasteiger partial charge in [-0.2, -0.15) is 0 Å². The molecule has 1 aliphatic heterocycles. The number of carbonyl (C=O) groups excluding carboxylic acids is 1. The monoisotopic (exact) mass is 473 g/mol. The van der Waals surface area contributed by atoms with Crippen LogP contribution in [0.4, 0.5) is 10.5 Å². The van der Waals surface area contributed by atoms with E-state index in [2.05, 4.69) is 28.2 Å². The van der Waals surface area contributed by atoms with E-state index in [0.29, 0.717) is 11.6 Å². The van der Waals surface area contributed by atoms with Gasteiger partial charge < -0.3 is 14.8 Å². The molecule has 6 heteroatoms. The van der Waals surface area contributed by atoms with Crippen LogP contribution < -0.4 is 5.32 Å². The summed E-state index contributed by atoms with van der Waals surface area (Å²) in [5.74, 6) is 0. The smallest absolute Gasteiger partial charge is 0.310 e. The Morgan fingerprint density at radius 2 is 1.73 bits per heavy atom. The number of thiophene rings is 1. The Balaban J connectivity index is 1.51. The number of urea groups is 1. The molecule has 0 spiro atoms. The number of halogens is 1. The highest BCUT2D eigenvalue weighted by Gasteiger charge is 2.36. The van der Waals surface area contributed by atoms with Gasteiger partial charge >= 0.3 is 6.03 Å². The molecule has 0 saturated carbocycles. The summed E-state index contributed by atoms with van der Waals surface area (Å²) >= 11 is 8.11. The van der Waals surface area contributed by atoms with Crippen molar-refractivity contribution in [2.24, 2.45) is 0 Å². The summed E-state index contributed by atoms with van der Waals surface area (Å²) in [7, 11) is 0. The molecule has 0 unspecified atom stereocenters. The molecule has 0 radical (unpaired) electrons. The molecule has 0 fully saturated rings. The van der Waals surface area contributed by atoms with Crippen molar-refractivity contribution in [3.05, 3.63) is 105 Å². The largest absolute Gasteiger partial charge is 0.322 e. The summed E-state index contributed by atoms with van der Waals surface area (Å²) < 4.78 is 2.30. The minimum Gasteiger partial charge on any atom is -0.310 e. The van der Waals surface area contributed by atoms with Gasteiger partial charge in [0.25, 0.3) is 0 Å². The van der Waals surface area contributed by atoms with Crippen LogP contribution in [0, 0.1) is 0 Å². The molecule has 0 bridgehead atoms. The number of para-hydroxylation sites is 1. The number of nitrogens with one attached hydrogen (secondary N) is 1. The van der Waals surface area contributed by atoms with E-state index in [4.69, 9.17) is 11.6 Å². The standard InChI is InChI=1S/C27H24ClN3OS/c28-19-14-12-18(13-15-19)25-23-10-6-16-30(23)26-22(21-9-4-5-11-24(21)33-26)17-31(25)27(32)29-20-7-2-1-3-8-20/h1-3,6-8,10,12-16,25H,4-5,9,11,17H2,(H,29,32)/t25-/m1/s1. The normalized spacial score (nSPS) is 17.0. The first-order valence-corrected chi connectivity index (χ1v) is 12.6.